The Balaban J connectivity index is 2.15. The molecule has 2 N–H and O–H groups in total. The van der Waals surface area contributed by atoms with Crippen molar-refractivity contribution in [3.8, 4) is 0 Å². The molecule has 2 aliphatic rings. The van der Waals surface area contributed by atoms with Gasteiger partial charge < -0.3 is 15.2 Å². The van der Waals surface area contributed by atoms with Gasteiger partial charge in [-0.05, 0) is 18.9 Å². The van der Waals surface area contributed by atoms with E-state index in [-0.39, 0.29) is 11.5 Å². The number of hydrogen-bond acceptors (Lipinski definition) is 3. The highest BCUT2D eigenvalue weighted by Crippen LogP contribution is 2.38. The second-order valence-corrected chi connectivity index (χ2v) is 4.12. The average molecular weight is 171 g/mol. The molecule has 2 aliphatic heterocycles. The van der Waals surface area contributed by atoms with Crippen molar-refractivity contribution in [3.63, 3.8) is 0 Å². The van der Waals surface area contributed by atoms with E-state index in [0.29, 0.717) is 5.92 Å². The van der Waals surface area contributed by atoms with Crippen molar-refractivity contribution in [1.82, 2.24) is 5.32 Å². The van der Waals surface area contributed by atoms with E-state index < -0.39 is 0 Å². The Hall–Kier alpha value is -0.120. The van der Waals surface area contributed by atoms with Gasteiger partial charge in [0.25, 0.3) is 0 Å². The molecule has 0 aromatic heterocycles. The molecule has 2 heterocycles. The van der Waals surface area contributed by atoms with Crippen LogP contribution in [0.4, 0.5) is 0 Å². The molecular weight excluding hydrogens is 154 g/mol. The highest BCUT2D eigenvalue weighted by atomic mass is 16.5. The van der Waals surface area contributed by atoms with Crippen LogP contribution in [-0.2, 0) is 4.74 Å². The predicted octanol–water partition coefficient (Wildman–Crippen LogP) is -0.00670. The van der Waals surface area contributed by atoms with E-state index in [1.807, 2.05) is 0 Å². The second-order valence-electron chi connectivity index (χ2n) is 4.12. The molecule has 0 radical (unpaired) electrons. The zero-order chi connectivity index (χ0) is 8.60. The molecular formula is C9H17NO2. The van der Waals surface area contributed by atoms with E-state index in [9.17, 15) is 5.11 Å². The summed E-state index contributed by atoms with van der Waals surface area (Å²) in [5.74, 6) is 0.535. The third-order valence-corrected chi connectivity index (χ3v) is 3.46. The molecule has 2 rings (SSSR count). The number of aliphatic hydroxyl groups excluding tert-OH is 1. The van der Waals surface area contributed by atoms with Gasteiger partial charge in [-0.1, -0.05) is 6.92 Å². The first-order chi connectivity index (χ1) is 5.76. The Morgan fingerprint density at radius 1 is 1.58 bits per heavy atom. The van der Waals surface area contributed by atoms with Crippen molar-refractivity contribution < 1.29 is 9.84 Å². The topological polar surface area (TPSA) is 41.5 Å². The summed E-state index contributed by atoms with van der Waals surface area (Å²) < 4.78 is 5.45. The predicted molar refractivity (Wildman–Crippen MR) is 45.9 cm³/mol. The fourth-order valence-corrected chi connectivity index (χ4v) is 2.38. The van der Waals surface area contributed by atoms with Crippen LogP contribution in [0.15, 0.2) is 0 Å². The third kappa shape index (κ3) is 1.08. The van der Waals surface area contributed by atoms with Crippen LogP contribution < -0.4 is 5.32 Å². The Morgan fingerprint density at radius 2 is 2.42 bits per heavy atom. The fraction of sp³-hybridized carbons (Fsp3) is 1.00. The summed E-state index contributed by atoms with van der Waals surface area (Å²) in [4.78, 5) is 0. The second kappa shape index (κ2) is 2.98. The van der Waals surface area contributed by atoms with Gasteiger partial charge in [0.15, 0.2) is 0 Å². The van der Waals surface area contributed by atoms with Gasteiger partial charge in [-0.25, -0.2) is 0 Å². The molecule has 0 aliphatic carbocycles. The lowest BCUT2D eigenvalue weighted by Gasteiger charge is -2.40. The van der Waals surface area contributed by atoms with E-state index in [1.165, 1.54) is 0 Å². The number of hydrogen-bond donors (Lipinski definition) is 2. The van der Waals surface area contributed by atoms with Gasteiger partial charge in [-0.15, -0.1) is 0 Å². The molecule has 1 spiro atoms. The first kappa shape index (κ1) is 8.48. The third-order valence-electron chi connectivity index (χ3n) is 3.46. The lowest BCUT2D eigenvalue weighted by Crippen LogP contribution is -2.48. The van der Waals surface area contributed by atoms with E-state index >= 15 is 0 Å². The van der Waals surface area contributed by atoms with Gasteiger partial charge in [0, 0.05) is 18.6 Å². The Morgan fingerprint density at radius 3 is 3.00 bits per heavy atom. The number of nitrogens with one attached hydrogen (secondary N) is 1. The summed E-state index contributed by atoms with van der Waals surface area (Å²) in [7, 11) is 0. The summed E-state index contributed by atoms with van der Waals surface area (Å²) >= 11 is 0. The van der Waals surface area contributed by atoms with Gasteiger partial charge >= 0.3 is 0 Å². The Kier molecular flexibility index (Phi) is 2.10. The van der Waals surface area contributed by atoms with Crippen LogP contribution in [-0.4, -0.2) is 37.5 Å². The van der Waals surface area contributed by atoms with Crippen LogP contribution >= 0.6 is 0 Å². The number of rotatable bonds is 0. The molecule has 2 fully saturated rings. The minimum Gasteiger partial charge on any atom is -0.392 e. The zero-order valence-electron chi connectivity index (χ0n) is 7.55. The maximum atomic E-state index is 9.91. The zero-order valence-corrected chi connectivity index (χ0v) is 7.55. The normalized spacial score (nSPS) is 48.5. The maximum Gasteiger partial charge on any atom is 0.0655 e. The highest BCUT2D eigenvalue weighted by Gasteiger charge is 2.47. The van der Waals surface area contributed by atoms with Crippen LogP contribution in [0.2, 0.25) is 0 Å². The van der Waals surface area contributed by atoms with Gasteiger partial charge in [-0.2, -0.15) is 0 Å². The monoisotopic (exact) mass is 171 g/mol. The molecule has 3 heteroatoms. The van der Waals surface area contributed by atoms with Crippen LogP contribution in [0.5, 0.6) is 0 Å². The SMILES string of the molecule is CC1CNCC12COCCC2O. The molecule has 3 unspecified atom stereocenters. The van der Waals surface area contributed by atoms with E-state index in [4.69, 9.17) is 4.74 Å². The average Bonchev–Trinajstić information content (AvgIpc) is 2.41. The molecule has 3 atom stereocenters. The minimum absolute atomic E-state index is 0.0122. The van der Waals surface area contributed by atoms with Gasteiger partial charge in [-0.3, -0.25) is 0 Å². The van der Waals surface area contributed by atoms with Crippen molar-refractivity contribution in [2.75, 3.05) is 26.3 Å². The molecule has 0 amide bonds. The molecule has 0 bridgehead atoms. The lowest BCUT2D eigenvalue weighted by atomic mass is 9.73. The van der Waals surface area contributed by atoms with Crippen LogP contribution in [0.3, 0.4) is 0 Å². The molecule has 0 aromatic rings. The summed E-state index contributed by atoms with van der Waals surface area (Å²) in [6, 6.07) is 0. The summed E-state index contributed by atoms with van der Waals surface area (Å²) in [6.07, 6.45) is 0.627. The highest BCUT2D eigenvalue weighted by molar-refractivity contribution is 4.99. The smallest absolute Gasteiger partial charge is 0.0655 e. The van der Waals surface area contributed by atoms with Crippen molar-refractivity contribution in [3.05, 3.63) is 0 Å². The van der Waals surface area contributed by atoms with Crippen molar-refractivity contribution in [2.24, 2.45) is 11.3 Å². The van der Waals surface area contributed by atoms with Gasteiger partial charge in [0.05, 0.1) is 12.7 Å². The number of ether oxygens (including phenoxy) is 1. The summed E-state index contributed by atoms with van der Waals surface area (Å²) in [5, 5.41) is 13.2. The minimum atomic E-state index is -0.170. The largest absolute Gasteiger partial charge is 0.392 e. The number of aliphatic hydroxyl groups is 1. The Labute approximate surface area is 73.1 Å². The van der Waals surface area contributed by atoms with Crippen LogP contribution in [0.1, 0.15) is 13.3 Å². The summed E-state index contributed by atoms with van der Waals surface area (Å²) in [6.45, 7) is 5.56. The molecule has 0 aromatic carbocycles. The van der Waals surface area contributed by atoms with E-state index in [2.05, 4.69) is 12.2 Å². The Bertz CT molecular complexity index is 174. The van der Waals surface area contributed by atoms with Gasteiger partial charge in [0.2, 0.25) is 0 Å². The first-order valence-electron chi connectivity index (χ1n) is 4.72. The van der Waals surface area contributed by atoms with E-state index in [1.54, 1.807) is 0 Å². The van der Waals surface area contributed by atoms with Crippen molar-refractivity contribution in [2.45, 2.75) is 19.4 Å². The molecule has 0 saturated carbocycles. The van der Waals surface area contributed by atoms with E-state index in [0.717, 1.165) is 32.7 Å². The summed E-state index contributed by atoms with van der Waals surface area (Å²) in [5.41, 5.74) is 0.0122. The van der Waals surface area contributed by atoms with Crippen molar-refractivity contribution >= 4 is 0 Å². The van der Waals surface area contributed by atoms with Crippen molar-refractivity contribution in [1.29, 1.82) is 0 Å². The van der Waals surface area contributed by atoms with Gasteiger partial charge in [0.1, 0.15) is 0 Å². The molecule has 2 saturated heterocycles. The van der Waals surface area contributed by atoms with Crippen LogP contribution in [0.25, 0.3) is 0 Å². The molecule has 12 heavy (non-hydrogen) atoms. The standard InChI is InChI=1S/C9H17NO2/c1-7-4-10-5-9(7)6-12-3-2-8(9)11/h7-8,10-11H,2-6H2,1H3. The lowest BCUT2D eigenvalue weighted by molar-refractivity contribution is -0.106. The molecule has 70 valence electrons. The van der Waals surface area contributed by atoms with Crippen LogP contribution in [0, 0.1) is 11.3 Å². The molecule has 3 nitrogen and oxygen atoms in total. The maximum absolute atomic E-state index is 9.91. The quantitative estimate of drug-likeness (QED) is 0.539. The first-order valence-corrected chi connectivity index (χ1v) is 4.72. The fourth-order valence-electron chi connectivity index (χ4n) is 2.38.